The number of ether oxygens (including phenoxy) is 2. The molecular formula is C25H26F3N5O5. The van der Waals surface area contributed by atoms with E-state index in [4.69, 9.17) is 15.6 Å². The standard InChI is InChI=1S/C25H26F3N5O5/c26-25(27,28)38-20-3-1-16(2-4-20)11-22(35)32-7-5-19(6-8-32)37-24-21(23(29)36)12-17(13-30-24)18-14-31-33(15-18)9-10-34/h1-4,12-15,19,34H,5-11H2,(H2,29,36). The summed E-state index contributed by atoms with van der Waals surface area (Å²) in [7, 11) is 0. The number of carbonyl (C=O) groups excluding carboxylic acids is 2. The number of nitrogens with zero attached hydrogens (tertiary/aromatic N) is 4. The number of alkyl halides is 3. The zero-order valence-corrected chi connectivity index (χ0v) is 20.2. The molecule has 13 heteroatoms. The minimum absolute atomic E-state index is 0.0432. The molecule has 1 fully saturated rings. The zero-order chi connectivity index (χ0) is 27.3. The average Bonchev–Trinajstić information content (AvgIpc) is 3.34. The summed E-state index contributed by atoms with van der Waals surface area (Å²) in [5.74, 6) is -1.10. The molecule has 38 heavy (non-hydrogen) atoms. The normalized spacial score (nSPS) is 14.4. The van der Waals surface area contributed by atoms with Crippen molar-refractivity contribution < 1.29 is 37.3 Å². The van der Waals surface area contributed by atoms with E-state index in [1.807, 2.05) is 0 Å². The van der Waals surface area contributed by atoms with Crippen LogP contribution in [0.2, 0.25) is 0 Å². The summed E-state index contributed by atoms with van der Waals surface area (Å²) in [4.78, 5) is 30.7. The molecule has 202 valence electrons. The van der Waals surface area contributed by atoms with Crippen molar-refractivity contribution in [3.63, 3.8) is 0 Å². The summed E-state index contributed by atoms with van der Waals surface area (Å²) in [6, 6.07) is 6.77. The highest BCUT2D eigenvalue weighted by Gasteiger charge is 2.31. The number of hydrogen-bond donors (Lipinski definition) is 2. The number of pyridine rings is 1. The summed E-state index contributed by atoms with van der Waals surface area (Å²) in [5, 5.41) is 13.2. The number of benzene rings is 1. The molecule has 0 bridgehead atoms. The van der Waals surface area contributed by atoms with Gasteiger partial charge in [-0.15, -0.1) is 13.2 Å². The molecule has 0 spiro atoms. The molecule has 2 aromatic heterocycles. The number of likely N-dealkylation sites (tertiary alicyclic amines) is 1. The summed E-state index contributed by atoms with van der Waals surface area (Å²) < 4.78 is 48.3. The number of piperidine rings is 1. The molecule has 1 aliphatic rings. The Kier molecular flexibility index (Phi) is 8.15. The fourth-order valence-electron chi connectivity index (χ4n) is 4.09. The van der Waals surface area contributed by atoms with Crippen molar-refractivity contribution in [3.05, 3.63) is 60.0 Å². The van der Waals surface area contributed by atoms with Gasteiger partial charge in [0, 0.05) is 49.5 Å². The summed E-state index contributed by atoms with van der Waals surface area (Å²) in [5.41, 5.74) is 7.58. The van der Waals surface area contributed by atoms with Crippen LogP contribution in [0.25, 0.3) is 11.1 Å². The molecule has 4 rings (SSSR count). The van der Waals surface area contributed by atoms with E-state index in [9.17, 15) is 22.8 Å². The Balaban J connectivity index is 1.33. The highest BCUT2D eigenvalue weighted by Crippen LogP contribution is 2.27. The molecule has 0 atom stereocenters. The SMILES string of the molecule is NC(=O)c1cc(-c2cnn(CCO)c2)cnc1OC1CCN(C(=O)Cc2ccc(OC(F)(F)F)cc2)CC1. The van der Waals surface area contributed by atoms with E-state index < -0.39 is 12.3 Å². The molecule has 3 N–H and O–H groups in total. The third-order valence-electron chi connectivity index (χ3n) is 6.00. The number of aromatic nitrogens is 3. The molecule has 0 radical (unpaired) electrons. The molecule has 10 nitrogen and oxygen atoms in total. The topological polar surface area (TPSA) is 133 Å². The Bertz CT molecular complexity index is 1270. The Hall–Kier alpha value is -4.13. The molecule has 0 saturated carbocycles. The average molecular weight is 534 g/mol. The van der Waals surface area contributed by atoms with Crippen LogP contribution < -0.4 is 15.2 Å². The number of nitrogens with two attached hydrogens (primary N) is 1. The van der Waals surface area contributed by atoms with Crippen molar-refractivity contribution in [1.29, 1.82) is 0 Å². The van der Waals surface area contributed by atoms with Crippen LogP contribution >= 0.6 is 0 Å². The van der Waals surface area contributed by atoms with Crippen LogP contribution in [0, 0.1) is 0 Å². The first-order chi connectivity index (χ1) is 18.1. The van der Waals surface area contributed by atoms with Gasteiger partial charge >= 0.3 is 6.36 Å². The van der Waals surface area contributed by atoms with Gasteiger partial charge in [0.05, 0.1) is 25.8 Å². The molecule has 1 saturated heterocycles. The third-order valence-corrected chi connectivity index (χ3v) is 6.00. The van der Waals surface area contributed by atoms with E-state index in [2.05, 4.69) is 14.8 Å². The molecule has 3 heterocycles. The van der Waals surface area contributed by atoms with Gasteiger partial charge in [0.2, 0.25) is 11.8 Å². The number of aliphatic hydroxyl groups is 1. The predicted octanol–water partition coefficient (Wildman–Crippen LogP) is 2.55. The van der Waals surface area contributed by atoms with Crippen molar-refractivity contribution in [2.24, 2.45) is 5.73 Å². The largest absolute Gasteiger partial charge is 0.573 e. The van der Waals surface area contributed by atoms with E-state index in [1.54, 1.807) is 34.2 Å². The molecule has 3 aromatic rings. The number of aliphatic hydroxyl groups excluding tert-OH is 1. The van der Waals surface area contributed by atoms with E-state index in [1.165, 1.54) is 24.3 Å². The maximum absolute atomic E-state index is 12.7. The molecule has 0 aliphatic carbocycles. The lowest BCUT2D eigenvalue weighted by atomic mass is 10.1. The first-order valence-corrected chi connectivity index (χ1v) is 11.8. The van der Waals surface area contributed by atoms with Gasteiger partial charge in [-0.05, 0) is 23.8 Å². The maximum Gasteiger partial charge on any atom is 0.573 e. The van der Waals surface area contributed by atoms with Gasteiger partial charge in [-0.2, -0.15) is 5.10 Å². The Morgan fingerprint density at radius 3 is 2.45 bits per heavy atom. The lowest BCUT2D eigenvalue weighted by molar-refractivity contribution is -0.274. The van der Waals surface area contributed by atoms with Crippen molar-refractivity contribution in [2.75, 3.05) is 19.7 Å². The molecule has 1 aliphatic heterocycles. The highest BCUT2D eigenvalue weighted by molar-refractivity contribution is 5.96. The van der Waals surface area contributed by atoms with Gasteiger partial charge in [0.1, 0.15) is 17.4 Å². The predicted molar refractivity (Wildman–Crippen MR) is 128 cm³/mol. The quantitative estimate of drug-likeness (QED) is 0.432. The minimum atomic E-state index is -4.77. The summed E-state index contributed by atoms with van der Waals surface area (Å²) >= 11 is 0. The van der Waals surface area contributed by atoms with E-state index in [0.717, 1.165) is 0 Å². The number of rotatable bonds is 9. The lowest BCUT2D eigenvalue weighted by Gasteiger charge is -2.32. The van der Waals surface area contributed by atoms with E-state index in [-0.39, 0.29) is 42.2 Å². The molecule has 1 aromatic carbocycles. The van der Waals surface area contributed by atoms with Crippen LogP contribution in [0.5, 0.6) is 11.6 Å². The number of carbonyl (C=O) groups is 2. The monoisotopic (exact) mass is 533 g/mol. The van der Waals surface area contributed by atoms with Gasteiger partial charge in [0.15, 0.2) is 0 Å². The third kappa shape index (κ3) is 7.00. The lowest BCUT2D eigenvalue weighted by Crippen LogP contribution is -2.42. The van der Waals surface area contributed by atoms with Gasteiger partial charge in [-0.3, -0.25) is 14.3 Å². The fraction of sp³-hybridized carbons (Fsp3) is 0.360. The minimum Gasteiger partial charge on any atom is -0.474 e. The molecular weight excluding hydrogens is 507 g/mol. The van der Waals surface area contributed by atoms with E-state index >= 15 is 0 Å². The second kappa shape index (κ2) is 11.5. The van der Waals surface area contributed by atoms with Crippen LogP contribution in [-0.2, 0) is 17.8 Å². The van der Waals surface area contributed by atoms with Crippen molar-refractivity contribution in [2.45, 2.75) is 38.3 Å². The number of primary amides is 1. The van der Waals surface area contributed by atoms with Crippen LogP contribution in [0.3, 0.4) is 0 Å². The number of amides is 2. The van der Waals surface area contributed by atoms with Crippen molar-refractivity contribution in [3.8, 4) is 22.8 Å². The zero-order valence-electron chi connectivity index (χ0n) is 20.2. The second-order valence-corrected chi connectivity index (χ2v) is 8.72. The van der Waals surface area contributed by atoms with Crippen molar-refractivity contribution in [1.82, 2.24) is 19.7 Å². The number of hydrogen-bond acceptors (Lipinski definition) is 7. The molecule has 0 unspecified atom stereocenters. The first-order valence-electron chi connectivity index (χ1n) is 11.8. The van der Waals surface area contributed by atoms with Gasteiger partial charge in [0.25, 0.3) is 5.91 Å². The Labute approximate surface area is 215 Å². The van der Waals surface area contributed by atoms with Crippen LogP contribution in [0.4, 0.5) is 13.2 Å². The second-order valence-electron chi connectivity index (χ2n) is 8.72. The summed E-state index contributed by atoms with van der Waals surface area (Å²) in [6.07, 6.45) is 0.837. The van der Waals surface area contributed by atoms with Crippen LogP contribution in [0.15, 0.2) is 48.9 Å². The van der Waals surface area contributed by atoms with Crippen LogP contribution in [-0.4, -0.2) is 68.7 Å². The summed E-state index contributed by atoms with van der Waals surface area (Å²) in [6.45, 7) is 1.10. The smallest absolute Gasteiger partial charge is 0.474 e. The molecule has 2 amide bonds. The van der Waals surface area contributed by atoms with Crippen LogP contribution in [0.1, 0.15) is 28.8 Å². The van der Waals surface area contributed by atoms with Gasteiger partial charge in [-0.25, -0.2) is 4.98 Å². The maximum atomic E-state index is 12.7. The van der Waals surface area contributed by atoms with Crippen molar-refractivity contribution >= 4 is 11.8 Å². The first kappa shape index (κ1) is 26.9. The highest BCUT2D eigenvalue weighted by atomic mass is 19.4. The Morgan fingerprint density at radius 1 is 1.11 bits per heavy atom. The number of halogens is 3. The van der Waals surface area contributed by atoms with E-state index in [0.29, 0.717) is 49.2 Å². The van der Waals surface area contributed by atoms with Gasteiger partial charge < -0.3 is 25.2 Å². The fourth-order valence-corrected chi connectivity index (χ4v) is 4.09. The Morgan fingerprint density at radius 2 is 1.82 bits per heavy atom. The van der Waals surface area contributed by atoms with Gasteiger partial charge in [-0.1, -0.05) is 12.1 Å².